The van der Waals surface area contributed by atoms with E-state index in [9.17, 15) is 18.8 Å². The van der Waals surface area contributed by atoms with Crippen LogP contribution in [0.3, 0.4) is 0 Å². The molecule has 0 spiro atoms. The monoisotopic (exact) mass is 455 g/mol. The molecule has 6 nitrogen and oxygen atoms in total. The fourth-order valence-corrected chi connectivity index (χ4v) is 4.53. The van der Waals surface area contributed by atoms with Gasteiger partial charge in [0.1, 0.15) is 11.5 Å². The summed E-state index contributed by atoms with van der Waals surface area (Å²) in [6.07, 6.45) is 0.746. The van der Waals surface area contributed by atoms with Crippen molar-refractivity contribution in [3.05, 3.63) is 101 Å². The van der Waals surface area contributed by atoms with E-state index in [-0.39, 0.29) is 17.2 Å². The molecule has 2 aliphatic rings. The van der Waals surface area contributed by atoms with Crippen LogP contribution in [0.2, 0.25) is 0 Å². The molecule has 0 saturated carbocycles. The first-order valence-corrected chi connectivity index (χ1v) is 11.0. The number of amides is 3. The van der Waals surface area contributed by atoms with E-state index < -0.39 is 17.6 Å². The van der Waals surface area contributed by atoms with E-state index in [0.29, 0.717) is 30.0 Å². The molecule has 0 unspecified atom stereocenters. The second-order valence-electron chi connectivity index (χ2n) is 8.35. The molecule has 7 heteroatoms. The van der Waals surface area contributed by atoms with Gasteiger partial charge in [0, 0.05) is 25.7 Å². The average Bonchev–Trinajstić information content (AvgIpc) is 3.08. The molecule has 2 aliphatic heterocycles. The Morgan fingerprint density at radius 1 is 0.912 bits per heavy atom. The van der Waals surface area contributed by atoms with Crippen molar-refractivity contribution >= 4 is 34.7 Å². The summed E-state index contributed by atoms with van der Waals surface area (Å²) in [7, 11) is 0. The predicted octanol–water partition coefficient (Wildman–Crippen LogP) is 4.13. The summed E-state index contributed by atoms with van der Waals surface area (Å²) >= 11 is 0. The lowest BCUT2D eigenvalue weighted by atomic mass is 9.97. The number of benzene rings is 3. The van der Waals surface area contributed by atoms with Crippen LogP contribution in [0.4, 0.5) is 15.8 Å². The molecule has 3 aromatic rings. The second-order valence-corrected chi connectivity index (χ2v) is 8.35. The van der Waals surface area contributed by atoms with E-state index in [2.05, 4.69) is 11.4 Å². The van der Waals surface area contributed by atoms with Gasteiger partial charge in [0.05, 0.1) is 11.3 Å². The number of hydrogen-bond donors (Lipinski definition) is 1. The van der Waals surface area contributed by atoms with Gasteiger partial charge in [0.15, 0.2) is 0 Å². The summed E-state index contributed by atoms with van der Waals surface area (Å²) in [5, 5.41) is 2.70. The fourth-order valence-electron chi connectivity index (χ4n) is 4.53. The van der Waals surface area contributed by atoms with Crippen LogP contribution in [0.15, 0.2) is 78.5 Å². The maximum atomic E-state index is 14.0. The molecule has 3 aromatic carbocycles. The molecule has 2 heterocycles. The van der Waals surface area contributed by atoms with Crippen LogP contribution in [-0.2, 0) is 27.3 Å². The zero-order valence-corrected chi connectivity index (χ0v) is 18.5. The molecule has 1 N–H and O–H groups in total. The molecule has 0 bridgehead atoms. The first-order valence-electron chi connectivity index (χ1n) is 11.0. The maximum absolute atomic E-state index is 14.0. The zero-order valence-electron chi connectivity index (χ0n) is 18.5. The third-order valence-electron chi connectivity index (χ3n) is 6.07. The van der Waals surface area contributed by atoms with Crippen LogP contribution >= 0.6 is 0 Å². The van der Waals surface area contributed by atoms with Crippen LogP contribution in [-0.4, -0.2) is 29.2 Å². The molecule has 0 radical (unpaired) electrons. The number of fused-ring (bicyclic) bond motifs is 1. The standard InChI is InChI=1S/C27H22FN3O3/c1-17(32)29-22-11-9-19(10-12-22)24-25(30-14-13-18-5-2-3-6-20(18)16-30)27(34)31(26(24)33)23-8-4-7-21(28)15-23/h2-12,15H,13-14,16H2,1H3,(H,29,32). The topological polar surface area (TPSA) is 69.7 Å². The molecule has 0 aromatic heterocycles. The normalized spacial score (nSPS) is 15.6. The number of nitrogens with one attached hydrogen (secondary N) is 1. The summed E-state index contributed by atoms with van der Waals surface area (Å²) in [6, 6.07) is 20.3. The number of nitrogens with zero attached hydrogens (tertiary/aromatic N) is 2. The maximum Gasteiger partial charge on any atom is 0.282 e. The molecule has 34 heavy (non-hydrogen) atoms. The SMILES string of the molecule is CC(=O)Nc1ccc(C2=C(N3CCc4ccccc4C3)C(=O)N(c3cccc(F)c3)C2=O)cc1. The van der Waals surface area contributed by atoms with Gasteiger partial charge in [-0.25, -0.2) is 9.29 Å². The quantitative estimate of drug-likeness (QED) is 0.601. The minimum absolute atomic E-state index is 0.190. The Hall–Kier alpha value is -4.26. The molecular weight excluding hydrogens is 433 g/mol. The number of carbonyl (C=O) groups excluding carboxylic acids is 3. The van der Waals surface area contributed by atoms with Gasteiger partial charge in [-0.15, -0.1) is 0 Å². The Bertz CT molecular complexity index is 1350. The number of anilines is 2. The number of imide groups is 1. The zero-order chi connectivity index (χ0) is 23.8. The van der Waals surface area contributed by atoms with E-state index in [1.54, 1.807) is 30.3 Å². The Morgan fingerprint density at radius 3 is 2.35 bits per heavy atom. The van der Waals surface area contributed by atoms with Crippen molar-refractivity contribution < 1.29 is 18.8 Å². The van der Waals surface area contributed by atoms with Crippen molar-refractivity contribution in [2.75, 3.05) is 16.8 Å². The third-order valence-corrected chi connectivity index (χ3v) is 6.07. The highest BCUT2D eigenvalue weighted by atomic mass is 19.1. The molecule has 0 saturated heterocycles. The van der Waals surface area contributed by atoms with Crippen LogP contribution in [0.5, 0.6) is 0 Å². The number of rotatable bonds is 4. The lowest BCUT2D eigenvalue weighted by Crippen LogP contribution is -2.37. The average molecular weight is 455 g/mol. The van der Waals surface area contributed by atoms with Gasteiger partial charge in [-0.3, -0.25) is 14.4 Å². The first-order chi connectivity index (χ1) is 16.4. The molecule has 0 atom stereocenters. The van der Waals surface area contributed by atoms with Crippen LogP contribution < -0.4 is 10.2 Å². The molecule has 3 amide bonds. The minimum atomic E-state index is -0.528. The van der Waals surface area contributed by atoms with Crippen LogP contribution in [0.25, 0.3) is 5.57 Å². The molecule has 0 fully saturated rings. The van der Waals surface area contributed by atoms with E-state index >= 15 is 0 Å². The van der Waals surface area contributed by atoms with E-state index in [0.717, 1.165) is 16.9 Å². The summed E-state index contributed by atoms with van der Waals surface area (Å²) in [4.78, 5) is 41.6. The summed E-state index contributed by atoms with van der Waals surface area (Å²) in [5.74, 6) is -1.71. The largest absolute Gasteiger partial charge is 0.362 e. The van der Waals surface area contributed by atoms with Crippen molar-refractivity contribution in [1.29, 1.82) is 0 Å². The van der Waals surface area contributed by atoms with Crippen LogP contribution in [0, 0.1) is 5.82 Å². The number of halogens is 1. The van der Waals surface area contributed by atoms with Gasteiger partial charge in [-0.2, -0.15) is 0 Å². The lowest BCUT2D eigenvalue weighted by molar-refractivity contribution is -0.121. The Labute approximate surface area is 196 Å². The molecule has 170 valence electrons. The van der Waals surface area contributed by atoms with Gasteiger partial charge < -0.3 is 10.2 Å². The highest BCUT2D eigenvalue weighted by Gasteiger charge is 2.43. The first kappa shape index (κ1) is 21.6. The van der Waals surface area contributed by atoms with E-state index in [4.69, 9.17) is 0 Å². The van der Waals surface area contributed by atoms with Crippen molar-refractivity contribution in [1.82, 2.24) is 4.90 Å². The second kappa shape index (κ2) is 8.59. The van der Waals surface area contributed by atoms with Crippen molar-refractivity contribution in [2.45, 2.75) is 19.9 Å². The van der Waals surface area contributed by atoms with Gasteiger partial charge in [0.25, 0.3) is 11.8 Å². The highest BCUT2D eigenvalue weighted by molar-refractivity contribution is 6.45. The third kappa shape index (κ3) is 3.85. The fraction of sp³-hybridized carbons (Fsp3) is 0.148. The summed E-state index contributed by atoms with van der Waals surface area (Å²) < 4.78 is 14.0. The van der Waals surface area contributed by atoms with Crippen molar-refractivity contribution in [3.63, 3.8) is 0 Å². The smallest absolute Gasteiger partial charge is 0.282 e. The summed E-state index contributed by atoms with van der Waals surface area (Å²) in [6.45, 7) is 2.49. The Kier molecular flexibility index (Phi) is 5.45. The Balaban J connectivity index is 1.59. The van der Waals surface area contributed by atoms with Gasteiger partial charge >= 0.3 is 0 Å². The summed E-state index contributed by atoms with van der Waals surface area (Å²) in [5.41, 5.74) is 4.23. The molecular formula is C27H22FN3O3. The van der Waals surface area contributed by atoms with E-state index in [1.807, 2.05) is 23.1 Å². The number of carbonyl (C=O) groups is 3. The van der Waals surface area contributed by atoms with Crippen molar-refractivity contribution in [3.8, 4) is 0 Å². The predicted molar refractivity (Wildman–Crippen MR) is 127 cm³/mol. The van der Waals surface area contributed by atoms with Gasteiger partial charge in [-0.05, 0) is 53.4 Å². The minimum Gasteiger partial charge on any atom is -0.362 e. The molecule has 0 aliphatic carbocycles. The van der Waals surface area contributed by atoms with Crippen molar-refractivity contribution in [2.24, 2.45) is 0 Å². The number of hydrogen-bond acceptors (Lipinski definition) is 4. The molecule has 5 rings (SSSR count). The van der Waals surface area contributed by atoms with E-state index in [1.165, 1.54) is 30.7 Å². The van der Waals surface area contributed by atoms with Crippen LogP contribution in [0.1, 0.15) is 23.6 Å². The Morgan fingerprint density at radius 2 is 1.65 bits per heavy atom. The van der Waals surface area contributed by atoms with Gasteiger partial charge in [-0.1, -0.05) is 42.5 Å². The lowest BCUT2D eigenvalue weighted by Gasteiger charge is -2.31. The highest BCUT2D eigenvalue weighted by Crippen LogP contribution is 2.37. The van der Waals surface area contributed by atoms with Gasteiger partial charge in [0.2, 0.25) is 5.91 Å².